The van der Waals surface area contributed by atoms with Crippen LogP contribution in [-0.4, -0.2) is 51.8 Å². The fraction of sp³-hybridized carbons (Fsp3) is 0.611. The van der Waals surface area contributed by atoms with Crippen molar-refractivity contribution in [3.8, 4) is 5.75 Å². The zero-order valence-electron chi connectivity index (χ0n) is 14.4. The van der Waals surface area contributed by atoms with Crippen LogP contribution in [0.4, 0.5) is 0 Å². The number of benzene rings is 1. The number of piperidine rings is 1. The number of rotatable bonds is 7. The molecule has 1 aromatic rings. The average molecular weight is 320 g/mol. The van der Waals surface area contributed by atoms with Crippen molar-refractivity contribution in [2.75, 3.05) is 41.0 Å². The third-order valence-electron chi connectivity index (χ3n) is 4.56. The van der Waals surface area contributed by atoms with Crippen LogP contribution in [0, 0.1) is 5.92 Å². The van der Waals surface area contributed by atoms with Crippen molar-refractivity contribution in [2.45, 2.75) is 25.3 Å². The third-order valence-corrected chi connectivity index (χ3v) is 4.56. The Balaban J connectivity index is 2.01. The van der Waals surface area contributed by atoms with Gasteiger partial charge in [-0.15, -0.1) is 0 Å². The molecule has 0 radical (unpaired) electrons. The molecule has 5 nitrogen and oxygen atoms in total. The minimum absolute atomic E-state index is 0.0635. The summed E-state index contributed by atoms with van der Waals surface area (Å²) in [7, 11) is 5.46. The molecule has 1 saturated heterocycles. The van der Waals surface area contributed by atoms with E-state index < -0.39 is 0 Å². The van der Waals surface area contributed by atoms with Crippen molar-refractivity contribution in [3.05, 3.63) is 29.8 Å². The Morgan fingerprint density at radius 2 is 2.04 bits per heavy atom. The first kappa shape index (κ1) is 17.8. The monoisotopic (exact) mass is 320 g/mol. The number of nitrogens with zero attached hydrogens (tertiary/aromatic N) is 1. The van der Waals surface area contributed by atoms with Gasteiger partial charge in [-0.2, -0.15) is 0 Å². The van der Waals surface area contributed by atoms with Crippen LogP contribution in [0.2, 0.25) is 0 Å². The lowest BCUT2D eigenvalue weighted by molar-refractivity contribution is -0.122. The molecule has 23 heavy (non-hydrogen) atoms. The molecule has 0 spiro atoms. The summed E-state index contributed by atoms with van der Waals surface area (Å²) in [5.41, 5.74) is 1.28. The van der Waals surface area contributed by atoms with Gasteiger partial charge in [0.2, 0.25) is 5.91 Å². The average Bonchev–Trinajstić information content (AvgIpc) is 2.58. The molecule has 0 saturated carbocycles. The van der Waals surface area contributed by atoms with E-state index in [-0.39, 0.29) is 5.91 Å². The molecular formula is C18H28N2O3. The molecule has 1 heterocycles. The second-order valence-corrected chi connectivity index (χ2v) is 6.15. The summed E-state index contributed by atoms with van der Waals surface area (Å²) in [6, 6.07) is 8.60. The van der Waals surface area contributed by atoms with Crippen LogP contribution in [0.5, 0.6) is 5.75 Å². The fourth-order valence-corrected chi connectivity index (χ4v) is 3.33. The van der Waals surface area contributed by atoms with Crippen LogP contribution < -0.4 is 10.1 Å². The van der Waals surface area contributed by atoms with Crippen LogP contribution in [0.15, 0.2) is 24.3 Å². The summed E-state index contributed by atoms with van der Waals surface area (Å²) in [6.45, 7) is 2.27. The van der Waals surface area contributed by atoms with Crippen LogP contribution in [-0.2, 0) is 9.53 Å². The van der Waals surface area contributed by atoms with Crippen molar-refractivity contribution in [3.63, 3.8) is 0 Å². The topological polar surface area (TPSA) is 50.8 Å². The van der Waals surface area contributed by atoms with E-state index in [0.717, 1.165) is 18.7 Å². The van der Waals surface area contributed by atoms with E-state index in [1.807, 2.05) is 12.1 Å². The van der Waals surface area contributed by atoms with Gasteiger partial charge in [-0.25, -0.2) is 0 Å². The van der Waals surface area contributed by atoms with Crippen molar-refractivity contribution in [2.24, 2.45) is 5.92 Å². The number of hydrogen-bond donors (Lipinski definition) is 1. The van der Waals surface area contributed by atoms with E-state index in [1.165, 1.54) is 12.0 Å². The highest BCUT2D eigenvalue weighted by molar-refractivity contribution is 5.75. The standard InChI is InChI=1S/C18H28N2O3/c1-20-11-4-5-15(13-19-17(21)10-12-22-2)18(20)14-6-8-16(23-3)9-7-14/h6-9,15,18H,4-5,10-13H2,1-3H3,(H,19,21). The Morgan fingerprint density at radius 1 is 1.30 bits per heavy atom. The summed E-state index contributed by atoms with van der Waals surface area (Å²) < 4.78 is 10.2. The minimum Gasteiger partial charge on any atom is -0.497 e. The molecule has 1 aromatic carbocycles. The zero-order valence-corrected chi connectivity index (χ0v) is 14.4. The normalized spacial score (nSPS) is 21.9. The molecule has 1 aliphatic heterocycles. The Kier molecular flexibility index (Phi) is 6.86. The molecule has 0 bridgehead atoms. The summed E-state index contributed by atoms with van der Waals surface area (Å²) in [6.07, 6.45) is 2.72. The lowest BCUT2D eigenvalue weighted by atomic mass is 9.85. The highest BCUT2D eigenvalue weighted by Crippen LogP contribution is 2.35. The number of methoxy groups -OCH3 is 2. The number of likely N-dealkylation sites (tertiary alicyclic amines) is 1. The zero-order chi connectivity index (χ0) is 16.7. The first-order chi connectivity index (χ1) is 11.2. The van der Waals surface area contributed by atoms with Gasteiger partial charge in [0.05, 0.1) is 13.7 Å². The van der Waals surface area contributed by atoms with E-state index in [0.29, 0.717) is 31.5 Å². The number of nitrogens with one attached hydrogen (secondary N) is 1. The predicted octanol–water partition coefficient (Wildman–Crippen LogP) is 2.23. The van der Waals surface area contributed by atoms with Crippen LogP contribution in [0.3, 0.4) is 0 Å². The molecule has 1 fully saturated rings. The molecule has 0 aliphatic carbocycles. The van der Waals surface area contributed by atoms with Crippen LogP contribution >= 0.6 is 0 Å². The fourth-order valence-electron chi connectivity index (χ4n) is 3.33. The van der Waals surface area contributed by atoms with E-state index in [9.17, 15) is 4.79 Å². The van der Waals surface area contributed by atoms with Gasteiger partial charge in [-0.1, -0.05) is 12.1 Å². The van der Waals surface area contributed by atoms with E-state index in [4.69, 9.17) is 9.47 Å². The van der Waals surface area contributed by atoms with Gasteiger partial charge in [0.1, 0.15) is 5.75 Å². The number of amides is 1. The predicted molar refractivity (Wildman–Crippen MR) is 90.6 cm³/mol. The number of carbonyl (C=O) groups excluding carboxylic acids is 1. The molecule has 0 aromatic heterocycles. The molecule has 1 N–H and O–H groups in total. The minimum atomic E-state index is 0.0635. The highest BCUT2D eigenvalue weighted by Gasteiger charge is 2.30. The lowest BCUT2D eigenvalue weighted by Crippen LogP contribution is -2.41. The molecule has 1 aliphatic rings. The van der Waals surface area contributed by atoms with Gasteiger partial charge in [-0.3, -0.25) is 9.69 Å². The Bertz CT molecular complexity index is 490. The second-order valence-electron chi connectivity index (χ2n) is 6.15. The number of ether oxygens (including phenoxy) is 2. The smallest absolute Gasteiger partial charge is 0.222 e. The molecular weight excluding hydrogens is 292 g/mol. The Labute approximate surface area is 139 Å². The summed E-state index contributed by atoms with van der Waals surface area (Å²) in [5.74, 6) is 1.36. The first-order valence-corrected chi connectivity index (χ1v) is 8.25. The highest BCUT2D eigenvalue weighted by atomic mass is 16.5. The van der Waals surface area contributed by atoms with Gasteiger partial charge in [-0.05, 0) is 50.0 Å². The number of hydrogen-bond acceptors (Lipinski definition) is 4. The van der Waals surface area contributed by atoms with Gasteiger partial charge < -0.3 is 14.8 Å². The van der Waals surface area contributed by atoms with Crippen molar-refractivity contribution >= 4 is 5.91 Å². The summed E-state index contributed by atoms with van der Waals surface area (Å²) in [4.78, 5) is 14.2. The van der Waals surface area contributed by atoms with Gasteiger partial charge in [0.25, 0.3) is 0 Å². The molecule has 1 amide bonds. The van der Waals surface area contributed by atoms with Gasteiger partial charge >= 0.3 is 0 Å². The van der Waals surface area contributed by atoms with Gasteiger partial charge in [0, 0.05) is 26.1 Å². The third kappa shape index (κ3) is 4.94. The lowest BCUT2D eigenvalue weighted by Gasteiger charge is -2.39. The maximum Gasteiger partial charge on any atom is 0.222 e. The molecule has 2 unspecified atom stereocenters. The van der Waals surface area contributed by atoms with E-state index >= 15 is 0 Å². The molecule has 128 valence electrons. The molecule has 2 rings (SSSR count). The van der Waals surface area contributed by atoms with Crippen LogP contribution in [0.25, 0.3) is 0 Å². The molecule has 5 heteroatoms. The first-order valence-electron chi connectivity index (χ1n) is 8.25. The second kappa shape index (κ2) is 8.89. The van der Waals surface area contributed by atoms with Gasteiger partial charge in [0.15, 0.2) is 0 Å². The van der Waals surface area contributed by atoms with Crippen molar-refractivity contribution in [1.82, 2.24) is 10.2 Å². The SMILES string of the molecule is COCCC(=O)NCC1CCCN(C)C1c1ccc(OC)cc1. The maximum atomic E-state index is 11.8. The van der Waals surface area contributed by atoms with Crippen LogP contribution in [0.1, 0.15) is 30.9 Å². The van der Waals surface area contributed by atoms with Crippen molar-refractivity contribution in [1.29, 1.82) is 0 Å². The molecule has 2 atom stereocenters. The largest absolute Gasteiger partial charge is 0.497 e. The quantitative estimate of drug-likeness (QED) is 0.837. The Hall–Kier alpha value is -1.59. The summed E-state index contributed by atoms with van der Waals surface area (Å²) >= 11 is 0. The maximum absolute atomic E-state index is 11.8. The van der Waals surface area contributed by atoms with Crippen molar-refractivity contribution < 1.29 is 14.3 Å². The van der Waals surface area contributed by atoms with E-state index in [2.05, 4.69) is 29.4 Å². The Morgan fingerprint density at radius 3 is 2.70 bits per heavy atom. The number of carbonyl (C=O) groups is 1. The van der Waals surface area contributed by atoms with E-state index in [1.54, 1.807) is 14.2 Å². The summed E-state index contributed by atoms with van der Waals surface area (Å²) in [5, 5.41) is 3.06.